The number of aliphatic carboxylic acids is 1. The molecule has 0 spiro atoms. The summed E-state index contributed by atoms with van der Waals surface area (Å²) in [6.07, 6.45) is 0.853. The molecule has 2 rings (SSSR count). The zero-order valence-electron chi connectivity index (χ0n) is 12.9. The molecule has 122 valence electrons. The molecule has 0 saturated heterocycles. The quantitative estimate of drug-likeness (QED) is 0.833. The number of carboxylic acid groups (broad SMARTS) is 1. The predicted molar refractivity (Wildman–Crippen MR) is 81.5 cm³/mol. The van der Waals surface area contributed by atoms with Crippen molar-refractivity contribution in [3.63, 3.8) is 0 Å². The van der Waals surface area contributed by atoms with Crippen LogP contribution < -0.4 is 9.46 Å². The Kier molecular flexibility index (Phi) is 4.49. The zero-order valence-corrected chi connectivity index (χ0v) is 13.7. The number of rotatable bonds is 6. The average Bonchev–Trinajstić information content (AvgIpc) is 2.74. The molecule has 1 aliphatic rings. The van der Waals surface area contributed by atoms with Gasteiger partial charge in [0.2, 0.25) is 10.0 Å². The largest absolute Gasteiger partial charge is 0.490 e. The van der Waals surface area contributed by atoms with Crippen LogP contribution in [-0.2, 0) is 21.2 Å². The van der Waals surface area contributed by atoms with Crippen LogP contribution in [0.25, 0.3) is 0 Å². The normalized spacial score (nSPS) is 17.9. The van der Waals surface area contributed by atoms with Crippen LogP contribution in [0.2, 0.25) is 0 Å². The molecule has 0 aliphatic carbocycles. The van der Waals surface area contributed by atoms with Crippen LogP contribution in [0.15, 0.2) is 23.1 Å². The van der Waals surface area contributed by atoms with E-state index >= 15 is 0 Å². The van der Waals surface area contributed by atoms with Gasteiger partial charge < -0.3 is 9.84 Å². The van der Waals surface area contributed by atoms with Crippen LogP contribution in [0.4, 0.5) is 0 Å². The molecule has 1 aromatic rings. The first-order valence-corrected chi connectivity index (χ1v) is 8.63. The van der Waals surface area contributed by atoms with E-state index in [-0.39, 0.29) is 23.8 Å². The minimum absolute atomic E-state index is 0.0490. The highest BCUT2D eigenvalue weighted by atomic mass is 32.2. The van der Waals surface area contributed by atoms with Gasteiger partial charge in [0, 0.05) is 18.4 Å². The highest BCUT2D eigenvalue weighted by Gasteiger charge is 2.28. The minimum atomic E-state index is -3.70. The van der Waals surface area contributed by atoms with E-state index in [0.29, 0.717) is 6.42 Å². The summed E-state index contributed by atoms with van der Waals surface area (Å²) in [6, 6.07) is 4.79. The minimum Gasteiger partial charge on any atom is -0.490 e. The number of nitrogens with one attached hydrogen (secondary N) is 1. The third-order valence-electron chi connectivity index (χ3n) is 3.55. The van der Waals surface area contributed by atoms with E-state index in [1.54, 1.807) is 26.0 Å². The van der Waals surface area contributed by atoms with Gasteiger partial charge in [-0.25, -0.2) is 13.1 Å². The highest BCUT2D eigenvalue weighted by molar-refractivity contribution is 7.89. The van der Waals surface area contributed by atoms with Crippen molar-refractivity contribution in [2.75, 3.05) is 0 Å². The van der Waals surface area contributed by atoms with Crippen molar-refractivity contribution in [2.24, 2.45) is 0 Å². The summed E-state index contributed by atoms with van der Waals surface area (Å²) in [5.41, 5.74) is 0.0405. The van der Waals surface area contributed by atoms with E-state index < -0.39 is 21.5 Å². The maximum atomic E-state index is 12.5. The third kappa shape index (κ3) is 3.98. The lowest BCUT2D eigenvalue weighted by Gasteiger charge is -2.25. The molecule has 0 radical (unpaired) electrons. The van der Waals surface area contributed by atoms with Gasteiger partial charge in [-0.3, -0.25) is 4.79 Å². The molecule has 0 bridgehead atoms. The second kappa shape index (κ2) is 5.89. The first-order chi connectivity index (χ1) is 10.1. The standard InChI is InChI=1S/C15H21NO5S/c1-10-8-11-9-12(4-5-13(11)21-10)22(19,20)16-15(2,3)7-6-14(17)18/h4-5,9-10,16H,6-8H2,1-3H3,(H,17,18). The van der Waals surface area contributed by atoms with Gasteiger partial charge >= 0.3 is 5.97 Å². The van der Waals surface area contributed by atoms with Crippen LogP contribution in [0.5, 0.6) is 5.75 Å². The maximum absolute atomic E-state index is 12.5. The lowest BCUT2D eigenvalue weighted by atomic mass is 10.0. The maximum Gasteiger partial charge on any atom is 0.303 e. The van der Waals surface area contributed by atoms with Gasteiger partial charge in [-0.15, -0.1) is 0 Å². The lowest BCUT2D eigenvalue weighted by molar-refractivity contribution is -0.137. The molecule has 2 N–H and O–H groups in total. The predicted octanol–water partition coefficient (Wildman–Crippen LogP) is 1.93. The summed E-state index contributed by atoms with van der Waals surface area (Å²) < 4.78 is 33.1. The number of carboxylic acids is 1. The Labute approximate surface area is 130 Å². The monoisotopic (exact) mass is 327 g/mol. The number of fused-ring (bicyclic) bond motifs is 1. The van der Waals surface area contributed by atoms with Crippen LogP contribution in [0, 0.1) is 0 Å². The van der Waals surface area contributed by atoms with Crippen LogP contribution >= 0.6 is 0 Å². The molecule has 0 aromatic heterocycles. The Morgan fingerprint density at radius 1 is 1.45 bits per heavy atom. The SMILES string of the molecule is CC1Cc2cc(S(=O)(=O)NC(C)(C)CCC(=O)O)ccc2O1. The zero-order chi connectivity index (χ0) is 16.5. The highest BCUT2D eigenvalue weighted by Crippen LogP contribution is 2.31. The molecule has 1 aromatic carbocycles. The molecule has 0 saturated carbocycles. The van der Waals surface area contributed by atoms with Crippen LogP contribution in [0.3, 0.4) is 0 Å². The molecule has 1 unspecified atom stereocenters. The van der Waals surface area contributed by atoms with Gasteiger partial charge in [-0.1, -0.05) is 0 Å². The van der Waals surface area contributed by atoms with E-state index in [1.807, 2.05) is 6.92 Å². The summed E-state index contributed by atoms with van der Waals surface area (Å²) in [7, 11) is -3.70. The molecular weight excluding hydrogens is 306 g/mol. The second-order valence-corrected chi connectivity index (χ2v) is 7.97. The van der Waals surface area contributed by atoms with E-state index in [0.717, 1.165) is 11.3 Å². The van der Waals surface area contributed by atoms with Crippen molar-refractivity contribution in [3.05, 3.63) is 23.8 Å². The molecule has 7 heteroatoms. The van der Waals surface area contributed by atoms with Crippen molar-refractivity contribution in [3.8, 4) is 5.75 Å². The Hall–Kier alpha value is -1.60. The van der Waals surface area contributed by atoms with Crippen molar-refractivity contribution >= 4 is 16.0 Å². The summed E-state index contributed by atoms with van der Waals surface area (Å²) in [5.74, 6) is -0.229. The molecule has 1 heterocycles. The fourth-order valence-electron chi connectivity index (χ4n) is 2.46. The molecule has 0 amide bonds. The Balaban J connectivity index is 2.17. The molecule has 22 heavy (non-hydrogen) atoms. The number of hydrogen-bond donors (Lipinski definition) is 2. The Bertz CT molecular complexity index is 681. The lowest BCUT2D eigenvalue weighted by Crippen LogP contribution is -2.43. The number of hydrogen-bond acceptors (Lipinski definition) is 4. The van der Waals surface area contributed by atoms with E-state index in [2.05, 4.69) is 4.72 Å². The number of ether oxygens (including phenoxy) is 1. The Morgan fingerprint density at radius 2 is 2.14 bits per heavy atom. The molecule has 1 atom stereocenters. The number of sulfonamides is 1. The summed E-state index contributed by atoms with van der Waals surface area (Å²) in [4.78, 5) is 10.8. The van der Waals surface area contributed by atoms with Crippen LogP contribution in [-0.4, -0.2) is 31.1 Å². The van der Waals surface area contributed by atoms with Gasteiger partial charge in [0.05, 0.1) is 4.90 Å². The first kappa shape index (κ1) is 16.8. The van der Waals surface area contributed by atoms with E-state index in [4.69, 9.17) is 9.84 Å². The molecule has 0 fully saturated rings. The fourth-order valence-corrected chi connectivity index (χ4v) is 3.95. The van der Waals surface area contributed by atoms with E-state index in [9.17, 15) is 13.2 Å². The van der Waals surface area contributed by atoms with Gasteiger partial charge in [-0.2, -0.15) is 0 Å². The van der Waals surface area contributed by atoms with Gasteiger partial charge in [0.1, 0.15) is 11.9 Å². The molecule has 6 nitrogen and oxygen atoms in total. The molecular formula is C15H21NO5S. The third-order valence-corrected chi connectivity index (χ3v) is 5.25. The smallest absolute Gasteiger partial charge is 0.303 e. The Morgan fingerprint density at radius 3 is 2.77 bits per heavy atom. The van der Waals surface area contributed by atoms with Gasteiger partial charge in [-0.05, 0) is 51.0 Å². The fraction of sp³-hybridized carbons (Fsp3) is 0.533. The first-order valence-electron chi connectivity index (χ1n) is 7.14. The summed E-state index contributed by atoms with van der Waals surface area (Å²) in [6.45, 7) is 5.28. The number of carbonyl (C=O) groups is 1. The average molecular weight is 327 g/mol. The van der Waals surface area contributed by atoms with Crippen LogP contribution in [0.1, 0.15) is 39.2 Å². The van der Waals surface area contributed by atoms with Crippen molar-refractivity contribution in [2.45, 2.75) is 56.6 Å². The second-order valence-electron chi connectivity index (χ2n) is 6.29. The number of benzene rings is 1. The summed E-state index contributed by atoms with van der Waals surface area (Å²) in [5, 5.41) is 8.73. The van der Waals surface area contributed by atoms with Gasteiger partial charge in [0.15, 0.2) is 0 Å². The van der Waals surface area contributed by atoms with Crippen molar-refractivity contribution < 1.29 is 23.1 Å². The van der Waals surface area contributed by atoms with Crippen molar-refractivity contribution in [1.82, 2.24) is 4.72 Å². The van der Waals surface area contributed by atoms with Crippen molar-refractivity contribution in [1.29, 1.82) is 0 Å². The summed E-state index contributed by atoms with van der Waals surface area (Å²) >= 11 is 0. The topological polar surface area (TPSA) is 92.7 Å². The van der Waals surface area contributed by atoms with Gasteiger partial charge in [0.25, 0.3) is 0 Å². The molecule has 1 aliphatic heterocycles. The van der Waals surface area contributed by atoms with E-state index in [1.165, 1.54) is 6.07 Å².